The van der Waals surface area contributed by atoms with Crippen molar-refractivity contribution in [3.8, 4) is 0 Å². The quantitative estimate of drug-likeness (QED) is 0.379. The lowest BCUT2D eigenvalue weighted by Crippen LogP contribution is -2.45. The van der Waals surface area contributed by atoms with E-state index in [1.165, 1.54) is 84.8 Å². The van der Waals surface area contributed by atoms with Crippen LogP contribution in [0.2, 0.25) is 0 Å². The lowest BCUT2D eigenvalue weighted by Gasteiger charge is -2.46. The van der Waals surface area contributed by atoms with E-state index in [-0.39, 0.29) is 0 Å². The molecule has 0 N–H and O–H groups in total. The van der Waals surface area contributed by atoms with Crippen molar-refractivity contribution in [1.29, 1.82) is 0 Å². The Balaban J connectivity index is 1.24. The smallest absolute Gasteiger partial charge is 0.0494 e. The molecule has 170 valence electrons. The largest absolute Gasteiger partial charge is 0.336 e. The van der Waals surface area contributed by atoms with E-state index in [4.69, 9.17) is 0 Å². The monoisotopic (exact) mass is 437 g/mol. The summed E-state index contributed by atoms with van der Waals surface area (Å²) in [6.45, 7) is 7.04. The normalized spacial score (nSPS) is 19.5. The van der Waals surface area contributed by atoms with Gasteiger partial charge in [0.2, 0.25) is 0 Å². The van der Waals surface area contributed by atoms with Gasteiger partial charge in [-0.2, -0.15) is 0 Å². The maximum absolute atomic E-state index is 2.69. The first-order valence-electron chi connectivity index (χ1n) is 12.6. The van der Waals surface area contributed by atoms with E-state index in [2.05, 4.69) is 94.2 Å². The van der Waals surface area contributed by atoms with Gasteiger partial charge in [-0.3, -0.25) is 4.90 Å². The Kier molecular flexibility index (Phi) is 5.48. The highest BCUT2D eigenvalue weighted by molar-refractivity contribution is 6.08. The molecule has 2 fully saturated rings. The molecule has 3 heteroatoms. The van der Waals surface area contributed by atoms with E-state index < -0.39 is 0 Å². The van der Waals surface area contributed by atoms with E-state index in [1.54, 1.807) is 0 Å². The number of hydrogen-bond acceptors (Lipinski definition) is 2. The maximum Gasteiger partial charge on any atom is 0.0494 e. The van der Waals surface area contributed by atoms with Crippen LogP contribution in [0.15, 0.2) is 72.8 Å². The number of para-hydroxylation sites is 1. The molecule has 33 heavy (non-hydrogen) atoms. The number of fused-ring (bicyclic) bond motifs is 3. The van der Waals surface area contributed by atoms with Crippen LogP contribution in [0.25, 0.3) is 21.8 Å². The summed E-state index contributed by atoms with van der Waals surface area (Å²) in [6.07, 6.45) is 5.54. The van der Waals surface area contributed by atoms with Crippen molar-refractivity contribution in [2.24, 2.45) is 5.41 Å². The minimum atomic E-state index is 0.623. The highest BCUT2D eigenvalue weighted by Crippen LogP contribution is 2.41. The number of aromatic nitrogens is 1. The SMILES string of the molecule is CN1CCC2(CC1)CCN(Cc1ccc3c(c1)c1ccccc1n3Cc1ccccc1)CC2. The molecule has 6 rings (SSSR count). The zero-order valence-electron chi connectivity index (χ0n) is 19.8. The van der Waals surface area contributed by atoms with Gasteiger partial charge in [0.15, 0.2) is 0 Å². The Hall–Kier alpha value is -2.62. The van der Waals surface area contributed by atoms with E-state index >= 15 is 0 Å². The van der Waals surface area contributed by atoms with E-state index in [0.717, 1.165) is 13.1 Å². The molecule has 0 atom stereocenters. The number of likely N-dealkylation sites (tertiary alicyclic amines) is 2. The average Bonchev–Trinajstić information content (AvgIpc) is 3.16. The molecule has 0 unspecified atom stereocenters. The molecule has 2 saturated heterocycles. The van der Waals surface area contributed by atoms with Gasteiger partial charge >= 0.3 is 0 Å². The second-order valence-electron chi connectivity index (χ2n) is 10.5. The van der Waals surface area contributed by atoms with Gasteiger partial charge in [0.25, 0.3) is 0 Å². The summed E-state index contributed by atoms with van der Waals surface area (Å²) >= 11 is 0. The molecule has 0 aliphatic carbocycles. The van der Waals surface area contributed by atoms with Gasteiger partial charge in [-0.05, 0) is 93.7 Å². The van der Waals surface area contributed by atoms with Crippen molar-refractivity contribution in [3.05, 3.63) is 83.9 Å². The molecular formula is C30H35N3. The summed E-state index contributed by atoms with van der Waals surface area (Å²) in [4.78, 5) is 5.19. The fraction of sp³-hybridized carbons (Fsp3) is 0.400. The van der Waals surface area contributed by atoms with Gasteiger partial charge in [0.1, 0.15) is 0 Å². The Morgan fingerprint density at radius 1 is 0.636 bits per heavy atom. The fourth-order valence-electron chi connectivity index (χ4n) is 6.17. The van der Waals surface area contributed by atoms with Gasteiger partial charge < -0.3 is 9.47 Å². The molecular weight excluding hydrogens is 402 g/mol. The van der Waals surface area contributed by atoms with E-state index in [1.807, 2.05) is 0 Å². The Bertz CT molecular complexity index is 1240. The first-order chi connectivity index (χ1) is 16.2. The van der Waals surface area contributed by atoms with Gasteiger partial charge in [-0.25, -0.2) is 0 Å². The molecule has 0 amide bonds. The Morgan fingerprint density at radius 2 is 1.30 bits per heavy atom. The van der Waals surface area contributed by atoms with Crippen LogP contribution in [-0.2, 0) is 13.1 Å². The van der Waals surface area contributed by atoms with Crippen LogP contribution in [0.4, 0.5) is 0 Å². The molecule has 3 heterocycles. The molecule has 0 radical (unpaired) electrons. The Labute approximate surface area is 197 Å². The number of hydrogen-bond donors (Lipinski definition) is 0. The molecule has 1 spiro atoms. The second kappa shape index (κ2) is 8.62. The number of piperidine rings is 2. The summed E-state index contributed by atoms with van der Waals surface area (Å²) in [5.41, 5.74) is 6.09. The van der Waals surface area contributed by atoms with Gasteiger partial charge in [-0.15, -0.1) is 0 Å². The van der Waals surface area contributed by atoms with Crippen LogP contribution in [0, 0.1) is 5.41 Å². The second-order valence-corrected chi connectivity index (χ2v) is 10.5. The Morgan fingerprint density at radius 3 is 2.09 bits per heavy atom. The van der Waals surface area contributed by atoms with Crippen LogP contribution >= 0.6 is 0 Å². The third-order valence-electron chi connectivity index (χ3n) is 8.39. The third-order valence-corrected chi connectivity index (χ3v) is 8.39. The first kappa shape index (κ1) is 20.9. The lowest BCUT2D eigenvalue weighted by atomic mass is 9.71. The predicted octanol–water partition coefficient (Wildman–Crippen LogP) is 6.15. The van der Waals surface area contributed by atoms with Gasteiger partial charge in [0.05, 0.1) is 0 Å². The highest BCUT2D eigenvalue weighted by atomic mass is 15.1. The topological polar surface area (TPSA) is 11.4 Å². The molecule has 3 nitrogen and oxygen atoms in total. The average molecular weight is 438 g/mol. The number of benzene rings is 3. The van der Waals surface area contributed by atoms with Crippen molar-refractivity contribution < 1.29 is 0 Å². The maximum atomic E-state index is 2.69. The fourth-order valence-corrected chi connectivity index (χ4v) is 6.17. The predicted molar refractivity (Wildman–Crippen MR) is 139 cm³/mol. The lowest BCUT2D eigenvalue weighted by molar-refractivity contribution is 0.0401. The van der Waals surface area contributed by atoms with Crippen LogP contribution in [0.5, 0.6) is 0 Å². The zero-order valence-corrected chi connectivity index (χ0v) is 19.8. The van der Waals surface area contributed by atoms with Crippen LogP contribution < -0.4 is 0 Å². The van der Waals surface area contributed by atoms with Crippen molar-refractivity contribution in [3.63, 3.8) is 0 Å². The number of rotatable bonds is 4. The van der Waals surface area contributed by atoms with Crippen molar-refractivity contribution in [2.75, 3.05) is 33.2 Å². The van der Waals surface area contributed by atoms with Crippen molar-refractivity contribution in [2.45, 2.75) is 38.8 Å². The third kappa shape index (κ3) is 4.09. The zero-order chi connectivity index (χ0) is 22.3. The van der Waals surface area contributed by atoms with E-state index in [9.17, 15) is 0 Å². The minimum Gasteiger partial charge on any atom is -0.336 e. The molecule has 1 aromatic heterocycles. The first-order valence-corrected chi connectivity index (χ1v) is 12.6. The van der Waals surface area contributed by atoms with Crippen LogP contribution in [0.3, 0.4) is 0 Å². The molecule has 2 aliphatic heterocycles. The highest BCUT2D eigenvalue weighted by Gasteiger charge is 2.36. The van der Waals surface area contributed by atoms with Crippen molar-refractivity contribution >= 4 is 21.8 Å². The van der Waals surface area contributed by atoms with Gasteiger partial charge in [-0.1, -0.05) is 54.6 Å². The summed E-state index contributed by atoms with van der Waals surface area (Å²) in [6, 6.07) is 26.9. The molecule has 3 aromatic carbocycles. The minimum absolute atomic E-state index is 0.623. The summed E-state index contributed by atoms with van der Waals surface area (Å²) in [7, 11) is 2.27. The summed E-state index contributed by atoms with van der Waals surface area (Å²) in [5, 5.41) is 2.76. The molecule has 2 aliphatic rings. The van der Waals surface area contributed by atoms with Crippen LogP contribution in [-0.4, -0.2) is 47.6 Å². The number of nitrogens with zero attached hydrogens (tertiary/aromatic N) is 3. The van der Waals surface area contributed by atoms with Crippen LogP contribution in [0.1, 0.15) is 36.8 Å². The van der Waals surface area contributed by atoms with Crippen molar-refractivity contribution in [1.82, 2.24) is 14.4 Å². The summed E-state index contributed by atoms with van der Waals surface area (Å²) < 4.78 is 2.48. The van der Waals surface area contributed by atoms with Gasteiger partial charge in [0, 0.05) is 34.9 Å². The summed E-state index contributed by atoms with van der Waals surface area (Å²) in [5.74, 6) is 0. The van der Waals surface area contributed by atoms with E-state index in [0.29, 0.717) is 5.41 Å². The molecule has 0 saturated carbocycles. The standard InChI is InChI=1S/C30H35N3/c1-31-17-13-30(14-18-31)15-19-32(20-16-30)22-25-11-12-29-27(21-25)26-9-5-6-10-28(26)33(29)23-24-7-3-2-4-8-24/h2-12,21H,13-20,22-23H2,1H3. The molecule has 4 aromatic rings. The molecule has 0 bridgehead atoms.